The predicted molar refractivity (Wildman–Crippen MR) is 101 cm³/mol. The van der Waals surface area contributed by atoms with Crippen LogP contribution >= 0.6 is 0 Å². The first-order valence-electron chi connectivity index (χ1n) is 8.08. The van der Waals surface area contributed by atoms with Crippen molar-refractivity contribution in [1.82, 2.24) is 10.6 Å². The van der Waals surface area contributed by atoms with E-state index >= 15 is 0 Å². The lowest BCUT2D eigenvalue weighted by Gasteiger charge is -2.18. The molecule has 0 radical (unpaired) electrons. The summed E-state index contributed by atoms with van der Waals surface area (Å²) in [5.74, 6) is 0.730. The number of hydrogen-bond acceptors (Lipinski definition) is 3. The number of rotatable bonds is 5. The van der Waals surface area contributed by atoms with Crippen molar-refractivity contribution < 1.29 is 9.53 Å². The molecule has 1 amide bonds. The number of hydrogen-bond donors (Lipinski definition) is 3. The van der Waals surface area contributed by atoms with Gasteiger partial charge in [0.15, 0.2) is 5.96 Å². The Labute approximate surface area is 148 Å². The molecule has 0 aliphatic heterocycles. The van der Waals surface area contributed by atoms with Crippen molar-refractivity contribution in [3.05, 3.63) is 65.7 Å². The van der Waals surface area contributed by atoms with E-state index in [-0.39, 0.29) is 6.04 Å². The lowest BCUT2D eigenvalue weighted by molar-refractivity contribution is 0.187. The molecule has 2 rings (SSSR count). The summed E-state index contributed by atoms with van der Waals surface area (Å²) in [5.41, 5.74) is 2.96. The van der Waals surface area contributed by atoms with Gasteiger partial charge in [-0.1, -0.05) is 42.5 Å². The van der Waals surface area contributed by atoms with Crippen LogP contribution in [0.5, 0.6) is 0 Å². The molecule has 0 spiro atoms. The van der Waals surface area contributed by atoms with Gasteiger partial charge in [0.25, 0.3) is 0 Å². The van der Waals surface area contributed by atoms with Gasteiger partial charge in [0.05, 0.1) is 13.2 Å². The fourth-order valence-corrected chi connectivity index (χ4v) is 2.29. The molecular weight excluding hydrogens is 316 g/mol. The van der Waals surface area contributed by atoms with Gasteiger partial charge >= 0.3 is 6.09 Å². The average molecular weight is 340 g/mol. The summed E-state index contributed by atoms with van der Waals surface area (Å²) >= 11 is 0. The number of ether oxygens (including phenoxy) is 1. The van der Waals surface area contributed by atoms with Crippen LogP contribution in [-0.2, 0) is 11.3 Å². The third kappa shape index (κ3) is 5.84. The zero-order valence-electron chi connectivity index (χ0n) is 14.7. The Hall–Kier alpha value is -3.02. The standard InChI is InChI=1S/C19H24N4O2/c1-14(16-7-5-4-6-8-16)22-18(20-2)21-13-15-9-11-17(12-10-15)23-19(24)25-3/h4-12,14H,13H2,1-3H3,(H,23,24)(H2,20,21,22). The maximum atomic E-state index is 11.2. The van der Waals surface area contributed by atoms with Gasteiger partial charge in [-0.05, 0) is 30.2 Å². The smallest absolute Gasteiger partial charge is 0.411 e. The second-order valence-corrected chi connectivity index (χ2v) is 5.52. The summed E-state index contributed by atoms with van der Waals surface area (Å²) in [7, 11) is 3.08. The van der Waals surface area contributed by atoms with Crippen molar-refractivity contribution >= 4 is 17.7 Å². The Morgan fingerprint density at radius 1 is 1.12 bits per heavy atom. The Morgan fingerprint density at radius 2 is 1.80 bits per heavy atom. The van der Waals surface area contributed by atoms with E-state index in [1.165, 1.54) is 12.7 Å². The molecule has 0 saturated heterocycles. The number of guanidine groups is 1. The number of aliphatic imine (C=N–C) groups is 1. The quantitative estimate of drug-likeness (QED) is 0.577. The minimum absolute atomic E-state index is 0.152. The van der Waals surface area contributed by atoms with Crippen LogP contribution in [0.2, 0.25) is 0 Å². The molecule has 132 valence electrons. The van der Waals surface area contributed by atoms with Crippen LogP contribution in [0.1, 0.15) is 24.1 Å². The van der Waals surface area contributed by atoms with E-state index in [2.05, 4.69) is 44.7 Å². The molecule has 2 aromatic rings. The second kappa shape index (κ2) is 9.32. The van der Waals surface area contributed by atoms with Crippen molar-refractivity contribution in [2.45, 2.75) is 19.5 Å². The van der Waals surface area contributed by atoms with Gasteiger partial charge < -0.3 is 15.4 Å². The van der Waals surface area contributed by atoms with Crippen LogP contribution in [0.4, 0.5) is 10.5 Å². The molecule has 6 heteroatoms. The van der Waals surface area contributed by atoms with Crippen molar-refractivity contribution in [1.29, 1.82) is 0 Å². The second-order valence-electron chi connectivity index (χ2n) is 5.52. The van der Waals surface area contributed by atoms with Gasteiger partial charge in [0.1, 0.15) is 0 Å². The Morgan fingerprint density at radius 3 is 2.40 bits per heavy atom. The fraction of sp³-hybridized carbons (Fsp3) is 0.263. The number of anilines is 1. The van der Waals surface area contributed by atoms with E-state index in [1.807, 2.05) is 42.5 Å². The van der Waals surface area contributed by atoms with E-state index in [0.29, 0.717) is 12.2 Å². The maximum absolute atomic E-state index is 11.2. The number of carbonyl (C=O) groups is 1. The van der Waals surface area contributed by atoms with Crippen molar-refractivity contribution in [3.63, 3.8) is 0 Å². The zero-order chi connectivity index (χ0) is 18.1. The number of methoxy groups -OCH3 is 1. The Bertz CT molecular complexity index is 699. The molecule has 0 bridgehead atoms. The molecule has 0 aromatic heterocycles. The Balaban J connectivity index is 1.87. The number of nitrogens with zero attached hydrogens (tertiary/aromatic N) is 1. The van der Waals surface area contributed by atoms with Crippen LogP contribution in [0.25, 0.3) is 0 Å². The number of carbonyl (C=O) groups excluding carboxylic acids is 1. The molecule has 0 saturated carbocycles. The first kappa shape index (κ1) is 18.3. The van der Waals surface area contributed by atoms with E-state index in [4.69, 9.17) is 0 Å². The summed E-state index contributed by atoms with van der Waals surface area (Å²) in [6.45, 7) is 2.72. The van der Waals surface area contributed by atoms with Crippen molar-refractivity contribution in [2.24, 2.45) is 4.99 Å². The summed E-state index contributed by atoms with van der Waals surface area (Å²) in [6.07, 6.45) is -0.481. The van der Waals surface area contributed by atoms with E-state index < -0.39 is 6.09 Å². The molecule has 1 unspecified atom stereocenters. The molecule has 0 aliphatic carbocycles. The highest BCUT2D eigenvalue weighted by Gasteiger charge is 2.07. The Kier molecular flexibility index (Phi) is 6.83. The van der Waals surface area contributed by atoms with Gasteiger partial charge in [-0.25, -0.2) is 4.79 Å². The largest absolute Gasteiger partial charge is 0.453 e. The molecule has 6 nitrogen and oxygen atoms in total. The maximum Gasteiger partial charge on any atom is 0.411 e. The fourth-order valence-electron chi connectivity index (χ4n) is 2.29. The lowest BCUT2D eigenvalue weighted by atomic mass is 10.1. The van der Waals surface area contributed by atoms with Gasteiger partial charge in [-0.15, -0.1) is 0 Å². The number of amides is 1. The molecule has 0 fully saturated rings. The van der Waals surface area contributed by atoms with Crippen LogP contribution in [0.3, 0.4) is 0 Å². The molecule has 25 heavy (non-hydrogen) atoms. The molecule has 1 atom stereocenters. The zero-order valence-corrected chi connectivity index (χ0v) is 14.7. The molecular formula is C19H24N4O2. The highest BCUT2D eigenvalue weighted by Crippen LogP contribution is 2.11. The summed E-state index contributed by atoms with van der Waals surface area (Å²) in [4.78, 5) is 15.4. The monoisotopic (exact) mass is 340 g/mol. The number of nitrogens with one attached hydrogen (secondary N) is 3. The third-order valence-corrected chi connectivity index (χ3v) is 3.72. The van der Waals surface area contributed by atoms with Crippen LogP contribution in [0.15, 0.2) is 59.6 Å². The molecule has 0 aliphatic rings. The van der Waals surface area contributed by atoms with Gasteiger partial charge in [0.2, 0.25) is 0 Å². The summed E-state index contributed by atoms with van der Waals surface area (Å²) in [6, 6.07) is 17.9. The normalized spacial score (nSPS) is 12.2. The first-order chi connectivity index (χ1) is 12.1. The highest BCUT2D eigenvalue weighted by molar-refractivity contribution is 5.84. The molecule has 2 aromatic carbocycles. The van der Waals surface area contributed by atoms with E-state index in [9.17, 15) is 4.79 Å². The topological polar surface area (TPSA) is 74.8 Å². The van der Waals surface area contributed by atoms with Crippen LogP contribution in [0, 0.1) is 0 Å². The minimum atomic E-state index is -0.481. The molecule has 3 N–H and O–H groups in total. The van der Waals surface area contributed by atoms with Crippen LogP contribution < -0.4 is 16.0 Å². The summed E-state index contributed by atoms with van der Waals surface area (Å²) in [5, 5.41) is 9.27. The van der Waals surface area contributed by atoms with Gasteiger partial charge in [-0.3, -0.25) is 10.3 Å². The van der Waals surface area contributed by atoms with Gasteiger partial charge in [-0.2, -0.15) is 0 Å². The van der Waals surface area contributed by atoms with E-state index in [1.54, 1.807) is 7.05 Å². The van der Waals surface area contributed by atoms with Crippen molar-refractivity contribution in [3.8, 4) is 0 Å². The highest BCUT2D eigenvalue weighted by atomic mass is 16.5. The van der Waals surface area contributed by atoms with Crippen molar-refractivity contribution in [2.75, 3.05) is 19.5 Å². The van der Waals surface area contributed by atoms with E-state index in [0.717, 1.165) is 11.5 Å². The SMILES string of the molecule is CN=C(NCc1ccc(NC(=O)OC)cc1)NC(C)c1ccccc1. The third-order valence-electron chi connectivity index (χ3n) is 3.72. The molecule has 0 heterocycles. The minimum Gasteiger partial charge on any atom is -0.453 e. The van der Waals surface area contributed by atoms with Crippen LogP contribution in [-0.4, -0.2) is 26.2 Å². The van der Waals surface area contributed by atoms with Gasteiger partial charge in [0, 0.05) is 19.3 Å². The number of benzene rings is 2. The lowest BCUT2D eigenvalue weighted by Crippen LogP contribution is -2.38. The summed E-state index contributed by atoms with van der Waals surface area (Å²) < 4.78 is 4.56. The predicted octanol–water partition coefficient (Wildman–Crippen LogP) is 3.29. The average Bonchev–Trinajstić information content (AvgIpc) is 2.66. The first-order valence-corrected chi connectivity index (χ1v) is 8.08.